The molecule has 0 saturated heterocycles. The van der Waals surface area contributed by atoms with Crippen molar-refractivity contribution in [2.24, 2.45) is 5.10 Å². The molecule has 0 saturated carbocycles. The second-order valence-corrected chi connectivity index (χ2v) is 8.04. The number of aryl methyl sites for hydroxylation is 1. The monoisotopic (exact) mass is 540 g/mol. The van der Waals surface area contributed by atoms with Crippen molar-refractivity contribution in [3.63, 3.8) is 0 Å². The van der Waals surface area contributed by atoms with E-state index in [0.29, 0.717) is 27.2 Å². The second-order valence-electron chi connectivity index (χ2n) is 7.19. The molecule has 0 aromatic heterocycles. The van der Waals surface area contributed by atoms with Crippen LogP contribution >= 0.6 is 15.9 Å². The van der Waals surface area contributed by atoms with Crippen LogP contribution in [-0.4, -0.2) is 36.7 Å². The second kappa shape index (κ2) is 11.7. The third-order valence-corrected chi connectivity index (χ3v) is 5.33. The van der Waals surface area contributed by atoms with Crippen LogP contribution < -0.4 is 20.2 Å². The van der Waals surface area contributed by atoms with Crippen LogP contribution in [0.1, 0.15) is 21.5 Å². The van der Waals surface area contributed by atoms with E-state index >= 15 is 0 Å². The Bertz CT molecular complexity index is 1280. The molecule has 3 rings (SSSR count). The van der Waals surface area contributed by atoms with Gasteiger partial charge in [0.1, 0.15) is 0 Å². The van der Waals surface area contributed by atoms with Crippen molar-refractivity contribution in [1.29, 1.82) is 0 Å². The summed E-state index contributed by atoms with van der Waals surface area (Å²) in [7, 11) is 1.46. The number of halogens is 1. The maximum absolute atomic E-state index is 12.3. The lowest BCUT2D eigenvalue weighted by molar-refractivity contribution is -0.384. The summed E-state index contributed by atoms with van der Waals surface area (Å²) in [4.78, 5) is 34.6. The highest BCUT2D eigenvalue weighted by Gasteiger charge is 2.14. The van der Waals surface area contributed by atoms with E-state index in [2.05, 4.69) is 31.8 Å². The van der Waals surface area contributed by atoms with Crippen molar-refractivity contribution >= 4 is 45.3 Å². The van der Waals surface area contributed by atoms with Crippen LogP contribution in [0, 0.1) is 17.0 Å². The van der Waals surface area contributed by atoms with E-state index in [-0.39, 0.29) is 23.8 Å². The number of nitrogens with zero attached hydrogens (tertiary/aromatic N) is 2. The van der Waals surface area contributed by atoms with Crippen LogP contribution in [0.3, 0.4) is 0 Å². The molecule has 35 heavy (non-hydrogen) atoms. The topological polar surface area (TPSA) is 132 Å². The Morgan fingerprint density at radius 2 is 1.86 bits per heavy atom. The van der Waals surface area contributed by atoms with Crippen molar-refractivity contribution in [2.45, 2.75) is 6.92 Å². The van der Waals surface area contributed by atoms with Crippen LogP contribution in [0.5, 0.6) is 11.5 Å². The third-order valence-electron chi connectivity index (χ3n) is 4.74. The van der Waals surface area contributed by atoms with Gasteiger partial charge < -0.3 is 14.8 Å². The highest BCUT2D eigenvalue weighted by molar-refractivity contribution is 9.10. The van der Waals surface area contributed by atoms with Crippen molar-refractivity contribution in [1.82, 2.24) is 5.43 Å². The SMILES string of the molecule is COc1cc(/C=N/NC(=O)c2ccc([N+](=O)[O-])cc2)cc(Br)c1OCC(=O)Nc1ccccc1C. The van der Waals surface area contributed by atoms with Crippen LogP contribution in [0.15, 0.2) is 70.2 Å². The van der Waals surface area contributed by atoms with Crippen LogP contribution in [0.2, 0.25) is 0 Å². The van der Waals surface area contributed by atoms with Gasteiger partial charge in [-0.05, 0) is 64.3 Å². The minimum Gasteiger partial charge on any atom is -0.493 e. The predicted octanol–water partition coefficient (Wildman–Crippen LogP) is 4.46. The molecule has 0 aliphatic heterocycles. The molecular weight excluding hydrogens is 520 g/mol. The Hall–Kier alpha value is -4.25. The summed E-state index contributed by atoms with van der Waals surface area (Å²) in [5.41, 5.74) is 4.68. The highest BCUT2D eigenvalue weighted by atomic mass is 79.9. The average molecular weight is 541 g/mol. The van der Waals surface area contributed by atoms with Gasteiger partial charge in [-0.2, -0.15) is 5.10 Å². The summed E-state index contributed by atoms with van der Waals surface area (Å²) in [6, 6.07) is 15.9. The number of para-hydroxylation sites is 1. The minimum atomic E-state index is -0.547. The van der Waals surface area contributed by atoms with Gasteiger partial charge in [0.25, 0.3) is 17.5 Å². The number of anilines is 1. The van der Waals surface area contributed by atoms with E-state index in [4.69, 9.17) is 9.47 Å². The number of methoxy groups -OCH3 is 1. The maximum Gasteiger partial charge on any atom is 0.271 e. The number of hydrazone groups is 1. The number of benzene rings is 3. The fraction of sp³-hybridized carbons (Fsp3) is 0.125. The number of ether oxygens (including phenoxy) is 2. The lowest BCUT2D eigenvalue weighted by atomic mass is 10.2. The molecule has 0 radical (unpaired) electrons. The van der Waals surface area contributed by atoms with Crippen LogP contribution in [0.4, 0.5) is 11.4 Å². The van der Waals surface area contributed by atoms with Crippen LogP contribution in [0.25, 0.3) is 0 Å². The van der Waals surface area contributed by atoms with E-state index < -0.39 is 10.8 Å². The van der Waals surface area contributed by atoms with Gasteiger partial charge in [0, 0.05) is 23.4 Å². The summed E-state index contributed by atoms with van der Waals surface area (Å²) < 4.78 is 11.6. The number of rotatable bonds is 9. The number of carbonyl (C=O) groups excluding carboxylic acids is 2. The first-order valence-electron chi connectivity index (χ1n) is 10.2. The van der Waals surface area contributed by atoms with E-state index in [9.17, 15) is 19.7 Å². The normalized spacial score (nSPS) is 10.6. The molecule has 0 fully saturated rings. The van der Waals surface area contributed by atoms with Crippen LogP contribution in [-0.2, 0) is 4.79 Å². The molecule has 0 spiro atoms. The number of nitro benzene ring substituents is 1. The quantitative estimate of drug-likeness (QED) is 0.234. The third kappa shape index (κ3) is 6.87. The smallest absolute Gasteiger partial charge is 0.271 e. The molecule has 0 atom stereocenters. The standard InChI is InChI=1S/C24H21BrN4O6/c1-15-5-3-4-6-20(15)27-22(30)14-35-23-19(25)11-16(12-21(23)34-2)13-26-28-24(31)17-7-9-18(10-8-17)29(32)33/h3-13H,14H2,1-2H3,(H,27,30)(H,28,31)/b26-13+. The molecule has 11 heteroatoms. The summed E-state index contributed by atoms with van der Waals surface area (Å²) in [6.07, 6.45) is 1.39. The van der Waals surface area contributed by atoms with E-state index in [1.807, 2.05) is 25.1 Å². The summed E-state index contributed by atoms with van der Waals surface area (Å²) in [5.74, 6) is -0.166. The number of amides is 2. The van der Waals surface area contributed by atoms with Gasteiger partial charge in [-0.1, -0.05) is 18.2 Å². The number of carbonyl (C=O) groups is 2. The fourth-order valence-corrected chi connectivity index (χ4v) is 3.53. The minimum absolute atomic E-state index is 0.114. The summed E-state index contributed by atoms with van der Waals surface area (Å²) in [6.45, 7) is 1.66. The van der Waals surface area contributed by atoms with Crippen molar-refractivity contribution in [3.05, 3.63) is 91.9 Å². The van der Waals surface area contributed by atoms with Gasteiger partial charge >= 0.3 is 0 Å². The largest absolute Gasteiger partial charge is 0.493 e. The molecule has 0 heterocycles. The Kier molecular flexibility index (Phi) is 8.52. The number of hydrogen-bond donors (Lipinski definition) is 2. The zero-order valence-corrected chi connectivity index (χ0v) is 20.4. The molecular formula is C24H21BrN4O6. The Morgan fingerprint density at radius 1 is 1.14 bits per heavy atom. The van der Waals surface area contributed by atoms with Crippen molar-refractivity contribution in [2.75, 3.05) is 19.0 Å². The van der Waals surface area contributed by atoms with Gasteiger partial charge in [0.15, 0.2) is 18.1 Å². The molecule has 0 bridgehead atoms. The molecule has 3 aromatic carbocycles. The zero-order chi connectivity index (χ0) is 25.4. The molecule has 0 aliphatic rings. The first-order valence-corrected chi connectivity index (χ1v) is 11.0. The number of nitro groups is 1. The number of hydrogen-bond acceptors (Lipinski definition) is 7. The van der Waals surface area contributed by atoms with Gasteiger partial charge in [-0.15, -0.1) is 0 Å². The zero-order valence-electron chi connectivity index (χ0n) is 18.8. The van der Waals surface area contributed by atoms with Crippen molar-refractivity contribution < 1.29 is 24.0 Å². The van der Waals surface area contributed by atoms with Gasteiger partial charge in [-0.25, -0.2) is 5.43 Å². The number of nitrogens with one attached hydrogen (secondary N) is 2. The average Bonchev–Trinajstić information content (AvgIpc) is 2.84. The first-order chi connectivity index (χ1) is 16.8. The van der Waals surface area contributed by atoms with E-state index in [1.165, 1.54) is 37.6 Å². The highest BCUT2D eigenvalue weighted by Crippen LogP contribution is 2.36. The van der Waals surface area contributed by atoms with Gasteiger partial charge in [0.05, 0.1) is 22.7 Å². The first kappa shape index (κ1) is 25.4. The Morgan fingerprint density at radius 3 is 2.51 bits per heavy atom. The van der Waals surface area contributed by atoms with E-state index in [1.54, 1.807) is 18.2 Å². The van der Waals surface area contributed by atoms with Gasteiger partial charge in [-0.3, -0.25) is 19.7 Å². The Labute approximate surface area is 209 Å². The molecule has 10 nitrogen and oxygen atoms in total. The lowest BCUT2D eigenvalue weighted by Gasteiger charge is -2.14. The number of non-ortho nitro benzene ring substituents is 1. The van der Waals surface area contributed by atoms with E-state index in [0.717, 1.165) is 5.56 Å². The summed E-state index contributed by atoms with van der Waals surface area (Å²) in [5, 5.41) is 17.4. The molecule has 2 N–H and O–H groups in total. The molecule has 180 valence electrons. The van der Waals surface area contributed by atoms with Crippen molar-refractivity contribution in [3.8, 4) is 11.5 Å². The Balaban J connectivity index is 1.62. The fourth-order valence-electron chi connectivity index (χ4n) is 2.96. The van der Waals surface area contributed by atoms with Gasteiger partial charge in [0.2, 0.25) is 0 Å². The lowest BCUT2D eigenvalue weighted by Crippen LogP contribution is -2.21. The molecule has 0 unspecified atom stereocenters. The molecule has 0 aliphatic carbocycles. The summed E-state index contributed by atoms with van der Waals surface area (Å²) >= 11 is 3.40. The maximum atomic E-state index is 12.3. The predicted molar refractivity (Wildman–Crippen MR) is 134 cm³/mol. The molecule has 3 aromatic rings. The molecule has 2 amide bonds.